The molecule has 1 aliphatic rings. The molecule has 3 heterocycles. The topological polar surface area (TPSA) is 43.2 Å². The summed E-state index contributed by atoms with van der Waals surface area (Å²) >= 11 is 0. The van der Waals surface area contributed by atoms with Crippen LogP contribution in [0, 0.1) is 6.92 Å². The molecule has 1 aliphatic heterocycles. The number of hydrogen-bond donors (Lipinski definition) is 0. The Morgan fingerprint density at radius 2 is 1.88 bits per heavy atom. The average molecular weight is 346 g/mol. The van der Waals surface area contributed by atoms with Crippen molar-refractivity contribution in [2.45, 2.75) is 39.8 Å². The van der Waals surface area contributed by atoms with E-state index in [1.54, 1.807) is 7.11 Å². The lowest BCUT2D eigenvalue weighted by atomic mass is 10.0. The molecule has 0 aliphatic carbocycles. The molecular formula is C20H30N2O3. The summed E-state index contributed by atoms with van der Waals surface area (Å²) in [6.45, 7) is 11.7. The van der Waals surface area contributed by atoms with Crippen molar-refractivity contribution in [2.24, 2.45) is 0 Å². The van der Waals surface area contributed by atoms with Gasteiger partial charge < -0.3 is 13.9 Å². The molecule has 2 aromatic rings. The van der Waals surface area contributed by atoms with Crippen molar-refractivity contribution in [3.63, 3.8) is 0 Å². The molecule has 25 heavy (non-hydrogen) atoms. The Balaban J connectivity index is 0.000000399. The van der Waals surface area contributed by atoms with Crippen molar-refractivity contribution < 1.29 is 14.3 Å². The molecule has 0 aromatic carbocycles. The number of fused-ring (bicyclic) bond motifs is 1. The van der Waals surface area contributed by atoms with E-state index in [4.69, 9.17) is 9.47 Å². The summed E-state index contributed by atoms with van der Waals surface area (Å²) < 4.78 is 12.4. The van der Waals surface area contributed by atoms with Crippen molar-refractivity contribution in [2.75, 3.05) is 33.4 Å². The number of carbonyl (C=O) groups is 1. The Morgan fingerprint density at radius 3 is 2.44 bits per heavy atom. The van der Waals surface area contributed by atoms with Gasteiger partial charge in [-0.05, 0) is 51.5 Å². The van der Waals surface area contributed by atoms with Crippen LogP contribution in [0.25, 0.3) is 5.52 Å². The van der Waals surface area contributed by atoms with Crippen LogP contribution in [0.15, 0.2) is 24.4 Å². The maximum absolute atomic E-state index is 11.3. The van der Waals surface area contributed by atoms with Crippen molar-refractivity contribution in [3.8, 4) is 0 Å². The Kier molecular flexibility index (Phi) is 7.17. The third kappa shape index (κ3) is 4.69. The second kappa shape index (κ2) is 9.13. The standard InChI is InChI=1S/C16H20N2O2.C4H10O/c1-12-14(11-19)10-15-4-3-5-18(15)16(12)13(2)17-6-8-20-9-7-17;1-4(2)5-3/h3-5,10-11,13H,6-9H2,1-2H3;4H,1-3H3. The normalized spacial score (nSPS) is 16.6. The predicted molar refractivity (Wildman–Crippen MR) is 100 cm³/mol. The lowest BCUT2D eigenvalue weighted by Gasteiger charge is -2.33. The number of aromatic nitrogens is 1. The van der Waals surface area contributed by atoms with Crippen LogP contribution in [0.5, 0.6) is 0 Å². The van der Waals surface area contributed by atoms with Crippen molar-refractivity contribution in [3.05, 3.63) is 41.2 Å². The minimum atomic E-state index is 0.272. The summed E-state index contributed by atoms with van der Waals surface area (Å²) in [5.41, 5.74) is 4.14. The number of rotatable bonds is 4. The molecule has 0 amide bonds. The molecular weight excluding hydrogens is 316 g/mol. The smallest absolute Gasteiger partial charge is 0.150 e. The zero-order valence-electron chi connectivity index (χ0n) is 16.0. The highest BCUT2D eigenvalue weighted by Gasteiger charge is 2.23. The van der Waals surface area contributed by atoms with E-state index in [-0.39, 0.29) is 6.04 Å². The zero-order valence-corrected chi connectivity index (χ0v) is 16.0. The molecule has 1 atom stereocenters. The molecule has 5 heteroatoms. The summed E-state index contributed by atoms with van der Waals surface area (Å²) in [7, 11) is 1.70. The van der Waals surface area contributed by atoms with Gasteiger partial charge in [0.15, 0.2) is 0 Å². The molecule has 2 aromatic heterocycles. The maximum atomic E-state index is 11.3. The first-order chi connectivity index (χ1) is 12.0. The second-order valence-electron chi connectivity index (χ2n) is 6.64. The Morgan fingerprint density at radius 1 is 1.24 bits per heavy atom. The van der Waals surface area contributed by atoms with E-state index in [0.717, 1.165) is 49.2 Å². The first-order valence-electron chi connectivity index (χ1n) is 8.90. The van der Waals surface area contributed by atoms with E-state index in [9.17, 15) is 4.79 Å². The van der Waals surface area contributed by atoms with Crippen LogP contribution in [0.3, 0.4) is 0 Å². The largest absolute Gasteiger partial charge is 0.382 e. The minimum absolute atomic E-state index is 0.272. The molecule has 1 unspecified atom stereocenters. The third-order valence-corrected chi connectivity index (χ3v) is 4.75. The summed E-state index contributed by atoms with van der Waals surface area (Å²) in [4.78, 5) is 13.7. The number of carbonyl (C=O) groups excluding carboxylic acids is 1. The molecule has 0 bridgehead atoms. The predicted octanol–water partition coefficient (Wildman–Crippen LogP) is 3.49. The van der Waals surface area contributed by atoms with Crippen LogP contribution in [0.1, 0.15) is 48.4 Å². The van der Waals surface area contributed by atoms with Gasteiger partial charge in [0, 0.05) is 49.2 Å². The highest BCUT2D eigenvalue weighted by molar-refractivity contribution is 5.80. The fourth-order valence-corrected chi connectivity index (χ4v) is 3.10. The van der Waals surface area contributed by atoms with Gasteiger partial charge in [-0.25, -0.2) is 0 Å². The van der Waals surface area contributed by atoms with Crippen LogP contribution in [-0.2, 0) is 9.47 Å². The van der Waals surface area contributed by atoms with Crippen molar-refractivity contribution >= 4 is 11.8 Å². The van der Waals surface area contributed by atoms with Gasteiger partial charge >= 0.3 is 0 Å². The molecule has 0 spiro atoms. The number of morpholine rings is 1. The summed E-state index contributed by atoms with van der Waals surface area (Å²) in [5.74, 6) is 0. The lowest BCUT2D eigenvalue weighted by molar-refractivity contribution is 0.0187. The van der Waals surface area contributed by atoms with E-state index in [1.807, 2.05) is 39.0 Å². The fourth-order valence-electron chi connectivity index (χ4n) is 3.10. The van der Waals surface area contributed by atoms with Crippen molar-refractivity contribution in [1.29, 1.82) is 0 Å². The van der Waals surface area contributed by atoms with Gasteiger partial charge in [-0.2, -0.15) is 0 Å². The first kappa shape index (κ1) is 19.6. The lowest BCUT2D eigenvalue weighted by Crippen LogP contribution is -2.38. The van der Waals surface area contributed by atoms with Crippen LogP contribution in [0.4, 0.5) is 0 Å². The number of aldehydes is 1. The molecule has 138 valence electrons. The summed E-state index contributed by atoms with van der Waals surface area (Å²) in [5, 5.41) is 0. The minimum Gasteiger partial charge on any atom is -0.382 e. The van der Waals surface area contributed by atoms with Gasteiger partial charge in [-0.15, -0.1) is 0 Å². The maximum Gasteiger partial charge on any atom is 0.150 e. The highest BCUT2D eigenvalue weighted by atomic mass is 16.5. The molecule has 1 fully saturated rings. The molecule has 1 saturated heterocycles. The van der Waals surface area contributed by atoms with Gasteiger partial charge in [0.05, 0.1) is 19.3 Å². The van der Waals surface area contributed by atoms with Crippen LogP contribution in [0.2, 0.25) is 0 Å². The molecule has 0 radical (unpaired) electrons. The number of ether oxygens (including phenoxy) is 2. The Bertz CT molecular complexity index is 688. The van der Waals surface area contributed by atoms with Crippen molar-refractivity contribution in [1.82, 2.24) is 9.30 Å². The van der Waals surface area contributed by atoms with E-state index in [0.29, 0.717) is 6.10 Å². The molecule has 3 rings (SSSR count). The van der Waals surface area contributed by atoms with Gasteiger partial charge in [0.25, 0.3) is 0 Å². The molecule has 5 nitrogen and oxygen atoms in total. The zero-order chi connectivity index (χ0) is 18.4. The van der Waals surface area contributed by atoms with Crippen LogP contribution in [-0.4, -0.2) is 55.1 Å². The molecule has 0 saturated carbocycles. The average Bonchev–Trinajstić information content (AvgIpc) is 3.09. The van der Waals surface area contributed by atoms with Gasteiger partial charge in [-0.1, -0.05) is 0 Å². The monoisotopic (exact) mass is 346 g/mol. The highest BCUT2D eigenvalue weighted by Crippen LogP contribution is 2.27. The Hall–Kier alpha value is -1.69. The van der Waals surface area contributed by atoms with Gasteiger partial charge in [-0.3, -0.25) is 9.69 Å². The Labute approximate surface area is 150 Å². The summed E-state index contributed by atoms with van der Waals surface area (Å²) in [6.07, 6.45) is 3.41. The van der Waals surface area contributed by atoms with Crippen LogP contribution < -0.4 is 0 Å². The van der Waals surface area contributed by atoms with Crippen LogP contribution >= 0.6 is 0 Å². The van der Waals surface area contributed by atoms with E-state index in [1.165, 1.54) is 5.69 Å². The number of nitrogens with zero attached hydrogens (tertiary/aromatic N) is 2. The fraction of sp³-hybridized carbons (Fsp3) is 0.550. The van der Waals surface area contributed by atoms with Gasteiger partial charge in [0.1, 0.15) is 6.29 Å². The number of pyridine rings is 1. The van der Waals surface area contributed by atoms with E-state index < -0.39 is 0 Å². The second-order valence-corrected chi connectivity index (χ2v) is 6.64. The van der Waals surface area contributed by atoms with E-state index in [2.05, 4.69) is 22.4 Å². The van der Waals surface area contributed by atoms with Gasteiger partial charge in [0.2, 0.25) is 0 Å². The van der Waals surface area contributed by atoms with E-state index >= 15 is 0 Å². The quantitative estimate of drug-likeness (QED) is 0.795. The SMILES string of the molecule is COC(C)C.Cc1c(C=O)cc2cccn2c1C(C)N1CCOCC1. The summed E-state index contributed by atoms with van der Waals surface area (Å²) in [6, 6.07) is 6.30. The molecule has 0 N–H and O–H groups in total. The number of methoxy groups -OCH3 is 1. The first-order valence-corrected chi connectivity index (χ1v) is 8.90. The number of hydrogen-bond acceptors (Lipinski definition) is 4. The third-order valence-electron chi connectivity index (χ3n) is 4.75.